The van der Waals surface area contributed by atoms with Crippen molar-refractivity contribution in [3.05, 3.63) is 59.7 Å². The van der Waals surface area contributed by atoms with E-state index in [1.54, 1.807) is 0 Å². The Labute approximate surface area is 164 Å². The number of carbonyl (C=O) groups is 2. The molecule has 0 saturated heterocycles. The maximum Gasteiger partial charge on any atom is 0.343 e. The largest absolute Gasteiger partial charge is 0.462 e. The SMILES string of the molecule is CCCCCCOC(=O)c1ccc(C(=O)Oc2ccccc2S(=O)(=O)O)cc1. The van der Waals surface area contributed by atoms with E-state index in [1.807, 2.05) is 0 Å². The number of hydrogen-bond donors (Lipinski definition) is 1. The molecule has 28 heavy (non-hydrogen) atoms. The number of unbranched alkanes of at least 4 members (excludes halogenated alkanes) is 3. The highest BCUT2D eigenvalue weighted by Crippen LogP contribution is 2.24. The zero-order chi connectivity index (χ0) is 20.6. The lowest BCUT2D eigenvalue weighted by Crippen LogP contribution is -2.12. The fraction of sp³-hybridized carbons (Fsp3) is 0.300. The van der Waals surface area contributed by atoms with Crippen LogP contribution in [0.3, 0.4) is 0 Å². The first-order valence-corrected chi connectivity index (χ1v) is 10.3. The Kier molecular flexibility index (Phi) is 7.71. The van der Waals surface area contributed by atoms with Gasteiger partial charge in [0.2, 0.25) is 0 Å². The molecule has 2 aromatic rings. The molecule has 0 spiro atoms. The monoisotopic (exact) mass is 406 g/mol. The van der Waals surface area contributed by atoms with Crippen molar-refractivity contribution in [2.24, 2.45) is 0 Å². The van der Waals surface area contributed by atoms with Crippen LogP contribution >= 0.6 is 0 Å². The van der Waals surface area contributed by atoms with Gasteiger partial charge in [0, 0.05) is 0 Å². The molecule has 0 atom stereocenters. The number of rotatable bonds is 9. The molecule has 0 aliphatic rings. The minimum absolute atomic E-state index is 0.115. The van der Waals surface area contributed by atoms with Crippen LogP contribution < -0.4 is 4.74 Å². The van der Waals surface area contributed by atoms with Crippen molar-refractivity contribution in [3.63, 3.8) is 0 Å². The quantitative estimate of drug-likeness (QED) is 0.291. The summed E-state index contributed by atoms with van der Waals surface area (Å²) >= 11 is 0. The second-order valence-corrected chi connectivity index (χ2v) is 7.48. The molecule has 0 aromatic heterocycles. The highest BCUT2D eigenvalue weighted by molar-refractivity contribution is 7.86. The van der Waals surface area contributed by atoms with Gasteiger partial charge in [0.25, 0.3) is 10.1 Å². The van der Waals surface area contributed by atoms with Crippen LogP contribution in [0.15, 0.2) is 53.4 Å². The molecule has 0 aliphatic carbocycles. The van der Waals surface area contributed by atoms with Gasteiger partial charge < -0.3 is 9.47 Å². The van der Waals surface area contributed by atoms with Crippen molar-refractivity contribution < 1.29 is 32.0 Å². The van der Waals surface area contributed by atoms with Gasteiger partial charge in [0.05, 0.1) is 17.7 Å². The Hall–Kier alpha value is -2.71. The normalized spacial score (nSPS) is 11.1. The molecule has 2 aromatic carbocycles. The summed E-state index contributed by atoms with van der Waals surface area (Å²) in [5, 5.41) is 0. The molecule has 0 bridgehead atoms. The molecule has 0 aliphatic heterocycles. The predicted molar refractivity (Wildman–Crippen MR) is 102 cm³/mol. The molecule has 1 N–H and O–H groups in total. The Morgan fingerprint density at radius 3 is 2.11 bits per heavy atom. The van der Waals surface area contributed by atoms with Crippen molar-refractivity contribution in [1.82, 2.24) is 0 Å². The van der Waals surface area contributed by atoms with Gasteiger partial charge in [-0.05, 0) is 42.8 Å². The minimum atomic E-state index is -4.53. The number of para-hydroxylation sites is 1. The average molecular weight is 406 g/mol. The first-order chi connectivity index (χ1) is 13.3. The zero-order valence-corrected chi connectivity index (χ0v) is 16.3. The zero-order valence-electron chi connectivity index (χ0n) is 15.5. The number of carbonyl (C=O) groups excluding carboxylic acids is 2. The van der Waals surface area contributed by atoms with Crippen LogP contribution in [0.2, 0.25) is 0 Å². The number of ether oxygens (including phenoxy) is 2. The van der Waals surface area contributed by atoms with Crippen molar-refractivity contribution in [3.8, 4) is 5.75 Å². The molecule has 0 saturated carbocycles. The highest BCUT2D eigenvalue weighted by atomic mass is 32.2. The molecule has 8 heteroatoms. The van der Waals surface area contributed by atoms with Gasteiger partial charge in [-0.3, -0.25) is 4.55 Å². The summed E-state index contributed by atoms with van der Waals surface area (Å²) in [5.74, 6) is -1.59. The lowest BCUT2D eigenvalue weighted by Gasteiger charge is -2.08. The molecular weight excluding hydrogens is 384 g/mol. The number of benzene rings is 2. The van der Waals surface area contributed by atoms with Gasteiger partial charge in [0.1, 0.15) is 4.90 Å². The summed E-state index contributed by atoms with van der Waals surface area (Å²) < 4.78 is 42.1. The number of hydrogen-bond acceptors (Lipinski definition) is 6. The summed E-state index contributed by atoms with van der Waals surface area (Å²) in [5.41, 5.74) is 0.412. The van der Waals surface area contributed by atoms with E-state index in [2.05, 4.69) is 6.92 Å². The first kappa shape index (κ1) is 21.6. The maximum absolute atomic E-state index is 12.2. The summed E-state index contributed by atoms with van der Waals surface area (Å²) in [6.07, 6.45) is 3.99. The molecule has 7 nitrogen and oxygen atoms in total. The van der Waals surface area contributed by atoms with Crippen molar-refractivity contribution >= 4 is 22.1 Å². The van der Waals surface area contributed by atoms with Gasteiger partial charge in [-0.25, -0.2) is 9.59 Å². The fourth-order valence-electron chi connectivity index (χ4n) is 2.43. The van der Waals surface area contributed by atoms with E-state index < -0.39 is 27.0 Å². The molecule has 150 valence electrons. The third kappa shape index (κ3) is 6.17. The molecular formula is C20H22O7S. The molecule has 0 unspecified atom stereocenters. The standard InChI is InChI=1S/C20H22O7S/c1-2-3-4-7-14-26-19(21)15-10-12-16(13-11-15)20(22)27-17-8-5-6-9-18(17)28(23,24)25/h5-6,8-13H,2-4,7,14H2,1H3,(H,23,24,25). The first-order valence-electron chi connectivity index (χ1n) is 8.89. The van der Waals surface area contributed by atoms with Crippen molar-refractivity contribution in [2.75, 3.05) is 6.61 Å². The smallest absolute Gasteiger partial charge is 0.343 e. The molecule has 2 rings (SSSR count). The van der Waals surface area contributed by atoms with Gasteiger partial charge in [-0.1, -0.05) is 38.3 Å². The Balaban J connectivity index is 2.00. The van der Waals surface area contributed by atoms with Gasteiger partial charge in [-0.2, -0.15) is 8.42 Å². The average Bonchev–Trinajstić information content (AvgIpc) is 2.67. The van der Waals surface area contributed by atoms with Crippen LogP contribution in [0.4, 0.5) is 0 Å². The summed E-state index contributed by atoms with van der Waals surface area (Å²) in [7, 11) is -4.53. The van der Waals surface area contributed by atoms with Crippen LogP contribution in [-0.4, -0.2) is 31.5 Å². The van der Waals surface area contributed by atoms with E-state index in [9.17, 15) is 22.6 Å². The molecule has 0 radical (unpaired) electrons. The Bertz CT molecular complexity index is 918. The van der Waals surface area contributed by atoms with Crippen molar-refractivity contribution in [1.29, 1.82) is 0 Å². The van der Waals surface area contributed by atoms with E-state index in [-0.39, 0.29) is 11.3 Å². The second kappa shape index (κ2) is 10.0. The second-order valence-electron chi connectivity index (χ2n) is 6.09. The summed E-state index contributed by atoms with van der Waals surface area (Å²) in [6.45, 7) is 2.44. The summed E-state index contributed by atoms with van der Waals surface area (Å²) in [6, 6.07) is 10.9. The van der Waals surface area contributed by atoms with E-state index in [1.165, 1.54) is 42.5 Å². The van der Waals surface area contributed by atoms with Crippen molar-refractivity contribution in [2.45, 2.75) is 37.5 Å². The van der Waals surface area contributed by atoms with E-state index in [4.69, 9.17) is 9.47 Å². The van der Waals surface area contributed by atoms with E-state index >= 15 is 0 Å². The van der Waals surface area contributed by atoms with Gasteiger partial charge in [-0.15, -0.1) is 0 Å². The van der Waals surface area contributed by atoms with Crippen LogP contribution in [0.25, 0.3) is 0 Å². The van der Waals surface area contributed by atoms with Crippen LogP contribution in [-0.2, 0) is 14.9 Å². The fourth-order valence-corrected chi connectivity index (χ4v) is 3.04. The minimum Gasteiger partial charge on any atom is -0.462 e. The van der Waals surface area contributed by atoms with Gasteiger partial charge >= 0.3 is 11.9 Å². The third-order valence-corrected chi connectivity index (χ3v) is 4.81. The topological polar surface area (TPSA) is 107 Å². The maximum atomic E-state index is 12.2. The number of esters is 2. The van der Waals surface area contributed by atoms with Crippen LogP contribution in [0.1, 0.15) is 53.3 Å². The van der Waals surface area contributed by atoms with E-state index in [0.717, 1.165) is 31.7 Å². The van der Waals surface area contributed by atoms with E-state index in [0.29, 0.717) is 12.2 Å². The summed E-state index contributed by atoms with van der Waals surface area (Å²) in [4.78, 5) is 23.7. The van der Waals surface area contributed by atoms with Crippen LogP contribution in [0.5, 0.6) is 5.75 Å². The van der Waals surface area contributed by atoms with Crippen LogP contribution in [0, 0.1) is 0 Å². The Morgan fingerprint density at radius 1 is 0.893 bits per heavy atom. The predicted octanol–water partition coefficient (Wildman–Crippen LogP) is 3.89. The Morgan fingerprint density at radius 2 is 1.50 bits per heavy atom. The lowest BCUT2D eigenvalue weighted by molar-refractivity contribution is 0.0497. The molecule has 0 fully saturated rings. The highest BCUT2D eigenvalue weighted by Gasteiger charge is 2.19. The lowest BCUT2D eigenvalue weighted by atomic mass is 10.1. The third-order valence-electron chi connectivity index (χ3n) is 3.92. The molecule has 0 heterocycles. The van der Waals surface area contributed by atoms with Gasteiger partial charge in [0.15, 0.2) is 5.75 Å². The molecule has 0 amide bonds.